The highest BCUT2D eigenvalue weighted by Gasteiger charge is 2.45. The Morgan fingerprint density at radius 2 is 1.57 bits per heavy atom. The molecule has 0 aliphatic carbocycles. The zero-order chi connectivity index (χ0) is 50.9. The van der Waals surface area contributed by atoms with Gasteiger partial charge in [0.25, 0.3) is 17.7 Å². The number of nitrogens with zero attached hydrogens (tertiary/aromatic N) is 5. The van der Waals surface area contributed by atoms with Gasteiger partial charge in [0, 0.05) is 66.6 Å². The number of aromatic nitrogens is 4. The number of benzene rings is 3. The van der Waals surface area contributed by atoms with E-state index < -0.39 is 53.3 Å². The molecule has 21 nitrogen and oxygen atoms in total. The van der Waals surface area contributed by atoms with Gasteiger partial charge in [0.2, 0.25) is 17.7 Å². The summed E-state index contributed by atoms with van der Waals surface area (Å²) in [5, 5.41) is 21.4. The van der Waals surface area contributed by atoms with Crippen LogP contribution in [0.25, 0.3) is 16.6 Å². The first-order chi connectivity index (χ1) is 34.6. The van der Waals surface area contributed by atoms with Gasteiger partial charge < -0.3 is 35.5 Å². The van der Waals surface area contributed by atoms with Crippen molar-refractivity contribution in [3.63, 3.8) is 0 Å². The van der Waals surface area contributed by atoms with Gasteiger partial charge in [-0.1, -0.05) is 32.9 Å². The molecule has 8 amide bonds. The number of hydrogen-bond acceptors (Lipinski definition) is 14. The van der Waals surface area contributed by atoms with Crippen LogP contribution in [0.2, 0.25) is 0 Å². The molecule has 372 valence electrons. The van der Waals surface area contributed by atoms with Gasteiger partial charge >= 0.3 is 6.03 Å². The molecule has 0 spiro atoms. The lowest BCUT2D eigenvalue weighted by molar-refractivity contribution is -0.136. The van der Waals surface area contributed by atoms with E-state index in [1.54, 1.807) is 29.1 Å². The third-order valence-electron chi connectivity index (χ3n) is 11.3. The second-order valence-electron chi connectivity index (χ2n) is 17.5. The largest absolute Gasteiger partial charge is 0.457 e. The maximum absolute atomic E-state index is 15.3. The van der Waals surface area contributed by atoms with Crippen LogP contribution in [-0.4, -0.2) is 118 Å². The van der Waals surface area contributed by atoms with E-state index in [9.17, 15) is 33.6 Å². The highest BCUT2D eigenvalue weighted by atomic mass is 19.1. The lowest BCUT2D eigenvalue weighted by Crippen LogP contribution is -2.54. The molecule has 0 bridgehead atoms. The Labute approximate surface area is 411 Å². The molecule has 72 heavy (non-hydrogen) atoms. The zero-order valence-corrected chi connectivity index (χ0v) is 39.4. The fourth-order valence-corrected chi connectivity index (χ4v) is 7.71. The van der Waals surface area contributed by atoms with Gasteiger partial charge in [0.1, 0.15) is 34.9 Å². The Morgan fingerprint density at radius 3 is 2.33 bits per heavy atom. The SMILES string of the molecule is CC(C)(C)c1cc(NC(=O)Nc2ccc(Oc3ccnc(C(=O)NCCOCCOCCNC(=O)CNc4cccc5c4C(=O)N(C4CCC(=O)NC4=O)C5=O)c3)cc2F)n(-c2ccc3ncccc3c2)n1. The molecular formula is C50H50FN11O10. The van der Waals surface area contributed by atoms with Gasteiger partial charge in [-0.15, -0.1) is 0 Å². The van der Waals surface area contributed by atoms with E-state index in [0.29, 0.717) is 11.5 Å². The van der Waals surface area contributed by atoms with Crippen LogP contribution in [0, 0.1) is 5.82 Å². The van der Waals surface area contributed by atoms with Crippen LogP contribution >= 0.6 is 0 Å². The molecule has 3 aromatic heterocycles. The van der Waals surface area contributed by atoms with Crippen molar-refractivity contribution in [3.8, 4) is 17.2 Å². The summed E-state index contributed by atoms with van der Waals surface area (Å²) in [6.45, 7) is 6.90. The fourth-order valence-electron chi connectivity index (χ4n) is 7.71. The first-order valence-electron chi connectivity index (χ1n) is 22.9. The molecule has 2 aliphatic heterocycles. The maximum atomic E-state index is 15.3. The number of hydrogen-bond donors (Lipinski definition) is 6. The van der Waals surface area contributed by atoms with Crippen LogP contribution < -0.4 is 36.6 Å². The summed E-state index contributed by atoms with van der Waals surface area (Å²) in [6.07, 6.45) is 3.11. The average molecular weight is 984 g/mol. The van der Waals surface area contributed by atoms with Gasteiger partial charge in [-0.3, -0.25) is 54.3 Å². The van der Waals surface area contributed by atoms with Crippen LogP contribution in [-0.2, 0) is 29.3 Å². The van der Waals surface area contributed by atoms with E-state index >= 15 is 4.39 Å². The van der Waals surface area contributed by atoms with Crippen molar-refractivity contribution < 1.29 is 52.2 Å². The molecule has 5 heterocycles. The summed E-state index contributed by atoms with van der Waals surface area (Å²) in [5.41, 5.74) is 2.25. The normalized spacial score (nSPS) is 14.4. The number of urea groups is 1. The monoisotopic (exact) mass is 983 g/mol. The second kappa shape index (κ2) is 22.0. The maximum Gasteiger partial charge on any atom is 0.324 e. The van der Waals surface area contributed by atoms with Crippen molar-refractivity contribution in [1.29, 1.82) is 0 Å². The zero-order valence-electron chi connectivity index (χ0n) is 39.4. The van der Waals surface area contributed by atoms with Crippen LogP contribution in [0.5, 0.6) is 11.5 Å². The number of fused-ring (bicyclic) bond motifs is 2. The summed E-state index contributed by atoms with van der Waals surface area (Å²) in [7, 11) is 0. The summed E-state index contributed by atoms with van der Waals surface area (Å²) in [6, 6.07) is 20.8. The minimum Gasteiger partial charge on any atom is -0.457 e. The third-order valence-corrected chi connectivity index (χ3v) is 11.3. The number of amides is 8. The van der Waals surface area contributed by atoms with Crippen LogP contribution in [0.1, 0.15) is 70.5 Å². The molecule has 6 N–H and O–H groups in total. The molecule has 1 fully saturated rings. The van der Waals surface area contributed by atoms with E-state index in [-0.39, 0.29) is 104 Å². The van der Waals surface area contributed by atoms with E-state index in [2.05, 4.69) is 41.9 Å². The van der Waals surface area contributed by atoms with Crippen molar-refractivity contribution in [1.82, 2.24) is 40.6 Å². The minimum absolute atomic E-state index is 0.000868. The molecule has 0 saturated carbocycles. The van der Waals surface area contributed by atoms with Gasteiger partial charge in [-0.25, -0.2) is 13.9 Å². The summed E-state index contributed by atoms with van der Waals surface area (Å²) in [5.74, 6) is -3.49. The predicted octanol–water partition coefficient (Wildman–Crippen LogP) is 5.08. The molecule has 3 aromatic carbocycles. The van der Waals surface area contributed by atoms with Crippen LogP contribution in [0.3, 0.4) is 0 Å². The Kier molecular flexibility index (Phi) is 15.2. The molecule has 1 unspecified atom stereocenters. The molecular weight excluding hydrogens is 934 g/mol. The molecule has 6 aromatic rings. The summed E-state index contributed by atoms with van der Waals surface area (Å²) in [4.78, 5) is 98.2. The first kappa shape index (κ1) is 49.8. The highest BCUT2D eigenvalue weighted by molar-refractivity contribution is 6.25. The summed E-state index contributed by atoms with van der Waals surface area (Å²) < 4.78 is 33.8. The molecule has 22 heteroatoms. The van der Waals surface area contributed by atoms with E-state index in [1.165, 1.54) is 36.5 Å². The van der Waals surface area contributed by atoms with Gasteiger partial charge in [-0.2, -0.15) is 5.10 Å². The Bertz CT molecular complexity index is 3080. The van der Waals surface area contributed by atoms with Gasteiger partial charge in [-0.05, 0) is 61.0 Å². The number of rotatable bonds is 19. The predicted molar refractivity (Wildman–Crippen MR) is 260 cm³/mol. The molecule has 0 radical (unpaired) electrons. The number of anilines is 3. The fraction of sp³-hybridized carbons (Fsp3) is 0.280. The van der Waals surface area contributed by atoms with Gasteiger partial charge in [0.15, 0.2) is 0 Å². The van der Waals surface area contributed by atoms with Crippen LogP contribution in [0.4, 0.5) is 26.4 Å². The number of carbonyl (C=O) groups is 7. The summed E-state index contributed by atoms with van der Waals surface area (Å²) >= 11 is 0. The molecule has 1 atom stereocenters. The molecule has 8 rings (SSSR count). The second-order valence-corrected chi connectivity index (χ2v) is 17.5. The van der Waals surface area contributed by atoms with E-state index in [1.807, 2.05) is 51.1 Å². The Morgan fingerprint density at radius 1 is 0.792 bits per heavy atom. The Hall–Kier alpha value is -8.63. The number of pyridine rings is 2. The van der Waals surface area contributed by atoms with Crippen molar-refractivity contribution in [3.05, 3.63) is 126 Å². The lowest BCUT2D eigenvalue weighted by Gasteiger charge is -2.27. The molecule has 1 saturated heterocycles. The third kappa shape index (κ3) is 11.9. The van der Waals surface area contributed by atoms with E-state index in [4.69, 9.17) is 19.3 Å². The number of nitrogens with one attached hydrogen (secondary N) is 6. The van der Waals surface area contributed by atoms with Crippen molar-refractivity contribution >= 4 is 69.6 Å². The van der Waals surface area contributed by atoms with E-state index in [0.717, 1.165) is 27.6 Å². The smallest absolute Gasteiger partial charge is 0.324 e. The van der Waals surface area contributed by atoms with Crippen molar-refractivity contribution in [2.45, 2.75) is 45.1 Å². The van der Waals surface area contributed by atoms with Crippen molar-refractivity contribution in [2.24, 2.45) is 0 Å². The number of imide groups is 2. The number of halogens is 1. The number of ether oxygens (including phenoxy) is 3. The van der Waals surface area contributed by atoms with Crippen LogP contribution in [0.15, 0.2) is 97.3 Å². The molecule has 2 aliphatic rings. The lowest BCUT2D eigenvalue weighted by atomic mass is 9.92. The topological polar surface area (TPSA) is 266 Å². The average Bonchev–Trinajstić information content (AvgIpc) is 3.90. The Balaban J connectivity index is 0.716. The first-order valence-corrected chi connectivity index (χ1v) is 22.9. The highest BCUT2D eigenvalue weighted by Crippen LogP contribution is 2.33. The van der Waals surface area contributed by atoms with Gasteiger partial charge in [0.05, 0.1) is 66.7 Å². The minimum atomic E-state index is -1.11. The standard InChI is InChI=1S/C50H50FN11O10/c1-50(2,3)40-27-41(62(60-40)30-9-11-35-29(24-30)6-5-16-52-35)58-49(69)57-36-12-10-31(25-34(36)51)72-32-15-17-53-38(26-32)45(65)55-19-21-71-23-22-70-20-18-54-43(64)28-56-37-8-4-7-33-44(37)48(68)61(47(33)67)39-13-14-42(63)59-46(39)66/h4-12,15-17,24-27,39,56H,13-14,18-23,28H2,1-3H3,(H,54,64)(H,55,65)(H2,57,58,69)(H,59,63,66). The van der Waals surface area contributed by atoms with Crippen molar-refractivity contribution in [2.75, 3.05) is 62.0 Å². The quantitative estimate of drug-likeness (QED) is 0.0457. The number of carbonyl (C=O) groups excluding carboxylic acids is 7. The number of piperidine rings is 1.